The summed E-state index contributed by atoms with van der Waals surface area (Å²) in [5, 5.41) is 6.61. The smallest absolute Gasteiger partial charge is 0.223 e. The van der Waals surface area contributed by atoms with Gasteiger partial charge < -0.3 is 16.4 Å². The molecule has 0 aromatic heterocycles. The summed E-state index contributed by atoms with van der Waals surface area (Å²) < 4.78 is 0. The molecule has 2 aliphatic rings. The minimum absolute atomic E-state index is 0.146. The second-order valence-corrected chi connectivity index (χ2v) is 5.62. The van der Waals surface area contributed by atoms with Crippen molar-refractivity contribution in [2.75, 3.05) is 6.54 Å². The van der Waals surface area contributed by atoms with Crippen LogP contribution in [-0.2, 0) is 4.79 Å². The third kappa shape index (κ3) is 3.42. The molecule has 2 rings (SSSR count). The summed E-state index contributed by atoms with van der Waals surface area (Å²) in [6.07, 6.45) is 6.29. The Morgan fingerprint density at radius 2 is 2.12 bits per heavy atom. The summed E-state index contributed by atoms with van der Waals surface area (Å²) in [6.45, 7) is 3.22. The van der Waals surface area contributed by atoms with Gasteiger partial charge in [-0.15, -0.1) is 0 Å². The topological polar surface area (TPSA) is 67.1 Å². The molecule has 4 nitrogen and oxygen atoms in total. The highest BCUT2D eigenvalue weighted by molar-refractivity contribution is 5.79. The maximum Gasteiger partial charge on any atom is 0.223 e. The van der Waals surface area contributed by atoms with Crippen LogP contribution < -0.4 is 16.4 Å². The van der Waals surface area contributed by atoms with E-state index in [1.165, 1.54) is 0 Å². The van der Waals surface area contributed by atoms with Gasteiger partial charge in [0.1, 0.15) is 0 Å². The third-order valence-electron chi connectivity index (χ3n) is 4.17. The van der Waals surface area contributed by atoms with Gasteiger partial charge in [-0.05, 0) is 45.6 Å². The number of amides is 1. The Balaban J connectivity index is 1.83. The van der Waals surface area contributed by atoms with E-state index in [2.05, 4.69) is 17.6 Å². The van der Waals surface area contributed by atoms with Crippen LogP contribution in [0, 0.1) is 5.92 Å². The van der Waals surface area contributed by atoms with Crippen LogP contribution in [-0.4, -0.2) is 30.6 Å². The van der Waals surface area contributed by atoms with Gasteiger partial charge in [0.2, 0.25) is 5.91 Å². The van der Waals surface area contributed by atoms with Gasteiger partial charge in [0.15, 0.2) is 0 Å². The fourth-order valence-electron chi connectivity index (χ4n) is 3.01. The molecule has 1 heterocycles. The largest absolute Gasteiger partial charge is 0.352 e. The highest BCUT2D eigenvalue weighted by Gasteiger charge is 2.29. The lowest BCUT2D eigenvalue weighted by molar-refractivity contribution is -0.127. The Morgan fingerprint density at radius 1 is 1.29 bits per heavy atom. The maximum atomic E-state index is 12.2. The molecule has 17 heavy (non-hydrogen) atoms. The van der Waals surface area contributed by atoms with Gasteiger partial charge in [-0.3, -0.25) is 4.79 Å². The monoisotopic (exact) mass is 239 g/mol. The molecule has 0 radical (unpaired) electrons. The number of piperidine rings is 1. The number of carbonyl (C=O) groups is 1. The molecule has 4 unspecified atom stereocenters. The van der Waals surface area contributed by atoms with Crippen molar-refractivity contribution in [1.82, 2.24) is 10.6 Å². The van der Waals surface area contributed by atoms with Gasteiger partial charge >= 0.3 is 0 Å². The number of hydrogen-bond acceptors (Lipinski definition) is 3. The molecule has 0 spiro atoms. The van der Waals surface area contributed by atoms with Crippen LogP contribution >= 0.6 is 0 Å². The first kappa shape index (κ1) is 12.8. The Morgan fingerprint density at radius 3 is 2.82 bits per heavy atom. The van der Waals surface area contributed by atoms with Crippen LogP contribution in [0.4, 0.5) is 0 Å². The van der Waals surface area contributed by atoms with E-state index in [0.717, 1.165) is 45.1 Å². The molecule has 4 N–H and O–H groups in total. The minimum Gasteiger partial charge on any atom is -0.352 e. The van der Waals surface area contributed by atoms with Crippen molar-refractivity contribution >= 4 is 5.91 Å². The van der Waals surface area contributed by atoms with Crippen molar-refractivity contribution < 1.29 is 4.79 Å². The van der Waals surface area contributed by atoms with Crippen molar-refractivity contribution in [1.29, 1.82) is 0 Å². The highest BCUT2D eigenvalue weighted by Crippen LogP contribution is 2.23. The summed E-state index contributed by atoms with van der Waals surface area (Å²) in [6, 6.07) is 0.917. The molecule has 1 saturated carbocycles. The maximum absolute atomic E-state index is 12.2. The molecule has 98 valence electrons. The predicted molar refractivity (Wildman–Crippen MR) is 68.6 cm³/mol. The zero-order valence-corrected chi connectivity index (χ0v) is 10.7. The molecular weight excluding hydrogens is 214 g/mol. The van der Waals surface area contributed by atoms with E-state index in [0.29, 0.717) is 12.1 Å². The van der Waals surface area contributed by atoms with Gasteiger partial charge in [-0.2, -0.15) is 0 Å². The number of hydrogen-bond donors (Lipinski definition) is 3. The first-order valence-electron chi connectivity index (χ1n) is 6.96. The average Bonchev–Trinajstić information content (AvgIpc) is 2.32. The summed E-state index contributed by atoms with van der Waals surface area (Å²) >= 11 is 0. The standard InChI is InChI=1S/C13H25N3O/c1-9-12(6-3-7-15-9)16-13(17)10-4-2-5-11(14)8-10/h9-12,15H,2-8,14H2,1H3,(H,16,17). The van der Waals surface area contributed by atoms with E-state index >= 15 is 0 Å². The highest BCUT2D eigenvalue weighted by atomic mass is 16.1. The fraction of sp³-hybridized carbons (Fsp3) is 0.923. The first-order valence-corrected chi connectivity index (χ1v) is 6.96. The van der Waals surface area contributed by atoms with Crippen molar-refractivity contribution in [3.8, 4) is 0 Å². The average molecular weight is 239 g/mol. The lowest BCUT2D eigenvalue weighted by Gasteiger charge is -2.33. The second-order valence-electron chi connectivity index (χ2n) is 5.62. The van der Waals surface area contributed by atoms with E-state index in [1.807, 2.05) is 0 Å². The normalized spacial score (nSPS) is 38.7. The number of nitrogens with two attached hydrogens (primary N) is 1. The lowest BCUT2D eigenvalue weighted by atomic mass is 9.85. The van der Waals surface area contributed by atoms with E-state index in [1.54, 1.807) is 0 Å². The second kappa shape index (κ2) is 5.83. The molecule has 0 aromatic rings. The molecule has 2 fully saturated rings. The van der Waals surface area contributed by atoms with Crippen LogP contribution in [0.3, 0.4) is 0 Å². The zero-order chi connectivity index (χ0) is 12.3. The Bertz CT molecular complexity index is 269. The number of rotatable bonds is 2. The molecule has 0 bridgehead atoms. The zero-order valence-electron chi connectivity index (χ0n) is 10.7. The van der Waals surface area contributed by atoms with E-state index in [4.69, 9.17) is 5.73 Å². The molecule has 1 aliphatic heterocycles. The molecule has 1 amide bonds. The van der Waals surface area contributed by atoms with Crippen molar-refractivity contribution in [3.05, 3.63) is 0 Å². The van der Waals surface area contributed by atoms with E-state index < -0.39 is 0 Å². The van der Waals surface area contributed by atoms with Crippen molar-refractivity contribution in [2.45, 2.75) is 63.6 Å². The van der Waals surface area contributed by atoms with Gasteiger partial charge in [0.05, 0.1) is 0 Å². The third-order valence-corrected chi connectivity index (χ3v) is 4.17. The van der Waals surface area contributed by atoms with Crippen molar-refractivity contribution in [3.63, 3.8) is 0 Å². The van der Waals surface area contributed by atoms with Gasteiger partial charge in [-0.1, -0.05) is 6.42 Å². The molecule has 0 aromatic carbocycles. The Labute approximate surface area is 104 Å². The lowest BCUT2D eigenvalue weighted by Crippen LogP contribution is -2.53. The van der Waals surface area contributed by atoms with E-state index in [-0.39, 0.29) is 17.9 Å². The predicted octanol–water partition coefficient (Wildman–Crippen LogP) is 0.761. The fourth-order valence-corrected chi connectivity index (χ4v) is 3.01. The van der Waals surface area contributed by atoms with E-state index in [9.17, 15) is 4.79 Å². The SMILES string of the molecule is CC1NCCCC1NC(=O)C1CCCC(N)C1. The van der Waals surface area contributed by atoms with Gasteiger partial charge in [0, 0.05) is 24.0 Å². The summed E-state index contributed by atoms with van der Waals surface area (Å²) in [5.74, 6) is 0.369. The van der Waals surface area contributed by atoms with Crippen LogP contribution in [0.5, 0.6) is 0 Å². The van der Waals surface area contributed by atoms with Gasteiger partial charge in [0.25, 0.3) is 0 Å². The van der Waals surface area contributed by atoms with Crippen LogP contribution in [0.15, 0.2) is 0 Å². The molecule has 1 aliphatic carbocycles. The molecule has 4 heteroatoms. The number of nitrogens with one attached hydrogen (secondary N) is 2. The Hall–Kier alpha value is -0.610. The summed E-state index contributed by atoms with van der Waals surface area (Å²) in [4.78, 5) is 12.2. The molecule has 4 atom stereocenters. The van der Waals surface area contributed by atoms with Crippen molar-refractivity contribution in [2.24, 2.45) is 11.7 Å². The quantitative estimate of drug-likeness (QED) is 0.666. The van der Waals surface area contributed by atoms with Crippen LogP contribution in [0.1, 0.15) is 45.4 Å². The summed E-state index contributed by atoms with van der Waals surface area (Å²) in [7, 11) is 0. The molecule has 1 saturated heterocycles. The van der Waals surface area contributed by atoms with Gasteiger partial charge in [-0.25, -0.2) is 0 Å². The van der Waals surface area contributed by atoms with Crippen LogP contribution in [0.2, 0.25) is 0 Å². The van der Waals surface area contributed by atoms with Crippen LogP contribution in [0.25, 0.3) is 0 Å². The summed E-state index contributed by atoms with van der Waals surface area (Å²) in [5.41, 5.74) is 5.93. The number of carbonyl (C=O) groups excluding carboxylic acids is 1. The molecular formula is C13H25N3O. The Kier molecular flexibility index (Phi) is 4.40. The first-order chi connectivity index (χ1) is 8.16. The minimum atomic E-state index is 0.146.